The fourth-order valence-corrected chi connectivity index (χ4v) is 7.18. The second-order valence-electron chi connectivity index (χ2n) is 11.1. The van der Waals surface area contributed by atoms with E-state index in [9.17, 15) is 18.0 Å². The molecule has 0 aliphatic carbocycles. The quantitative estimate of drug-likeness (QED) is 0.181. The van der Waals surface area contributed by atoms with Crippen molar-refractivity contribution in [1.82, 2.24) is 14.5 Å². The fraction of sp³-hybridized carbons (Fsp3) is 0.257. The van der Waals surface area contributed by atoms with Crippen molar-refractivity contribution < 1.29 is 18.0 Å². The minimum atomic E-state index is -3.52. The Morgan fingerprint density at radius 3 is 1.91 bits per heavy atom. The number of hydrogen-bond donors (Lipinski definition) is 1. The standard InChI is InChI=1S/C35H35Cl2N3O4S/c36-30-15-8-27(9-16-30)24-38-35(42)34(29-6-2-1-3-7-29)40(25-28-10-17-31(37)18-11-28)33(41)21-14-26-12-19-32(20-13-26)45(43,44)39-22-4-5-23-39/h1-3,6-13,15-20,34H,4-5,14,21-25H2,(H,38,42)/t34-/m0/s1. The summed E-state index contributed by atoms with van der Waals surface area (Å²) in [5, 5.41) is 4.19. The fourth-order valence-electron chi connectivity index (χ4n) is 5.41. The lowest BCUT2D eigenvalue weighted by molar-refractivity contribution is -0.141. The number of rotatable bonds is 12. The molecular formula is C35H35Cl2N3O4S. The number of nitrogens with one attached hydrogen (secondary N) is 1. The molecule has 1 N–H and O–H groups in total. The van der Waals surface area contributed by atoms with E-state index in [4.69, 9.17) is 23.2 Å². The Hall–Kier alpha value is -3.69. The molecule has 0 spiro atoms. The zero-order valence-electron chi connectivity index (χ0n) is 24.7. The van der Waals surface area contributed by atoms with Crippen molar-refractivity contribution in [3.05, 3.63) is 135 Å². The van der Waals surface area contributed by atoms with Gasteiger partial charge in [0.05, 0.1) is 4.90 Å². The molecule has 10 heteroatoms. The molecule has 5 rings (SSSR count). The van der Waals surface area contributed by atoms with Gasteiger partial charge >= 0.3 is 0 Å². The summed E-state index contributed by atoms with van der Waals surface area (Å²) in [6.45, 7) is 1.54. The molecule has 7 nitrogen and oxygen atoms in total. The number of hydrogen-bond acceptors (Lipinski definition) is 4. The van der Waals surface area contributed by atoms with Crippen molar-refractivity contribution in [2.45, 2.75) is 49.7 Å². The van der Waals surface area contributed by atoms with Crippen molar-refractivity contribution in [2.75, 3.05) is 13.1 Å². The van der Waals surface area contributed by atoms with E-state index in [-0.39, 0.29) is 36.2 Å². The van der Waals surface area contributed by atoms with E-state index >= 15 is 0 Å². The zero-order chi connectivity index (χ0) is 31.8. The van der Waals surface area contributed by atoms with E-state index < -0.39 is 16.1 Å². The van der Waals surface area contributed by atoms with Crippen LogP contribution >= 0.6 is 23.2 Å². The molecule has 1 saturated heterocycles. The van der Waals surface area contributed by atoms with Crippen LogP contribution in [-0.2, 0) is 39.1 Å². The van der Waals surface area contributed by atoms with Crippen LogP contribution in [0.1, 0.15) is 47.6 Å². The van der Waals surface area contributed by atoms with Crippen LogP contribution in [0, 0.1) is 0 Å². The molecule has 0 unspecified atom stereocenters. The molecule has 0 radical (unpaired) electrons. The first-order valence-corrected chi connectivity index (χ1v) is 17.1. The van der Waals surface area contributed by atoms with Gasteiger partial charge in [0, 0.05) is 42.6 Å². The first-order chi connectivity index (χ1) is 21.7. The molecule has 1 aliphatic rings. The number of sulfonamides is 1. The Morgan fingerprint density at radius 1 is 0.756 bits per heavy atom. The molecule has 4 aromatic carbocycles. The summed E-state index contributed by atoms with van der Waals surface area (Å²) in [4.78, 5) is 29.8. The minimum absolute atomic E-state index is 0.125. The van der Waals surface area contributed by atoms with Crippen LogP contribution in [0.5, 0.6) is 0 Å². The first-order valence-electron chi connectivity index (χ1n) is 14.9. The number of halogens is 2. The molecular weight excluding hydrogens is 629 g/mol. The highest BCUT2D eigenvalue weighted by Crippen LogP contribution is 2.27. The smallest absolute Gasteiger partial charge is 0.247 e. The highest BCUT2D eigenvalue weighted by atomic mass is 35.5. The summed E-state index contributed by atoms with van der Waals surface area (Å²) in [6.07, 6.45) is 2.25. The Labute approximate surface area is 274 Å². The molecule has 45 heavy (non-hydrogen) atoms. The maximum atomic E-state index is 14.0. The minimum Gasteiger partial charge on any atom is -0.350 e. The van der Waals surface area contributed by atoms with E-state index in [1.165, 1.54) is 4.31 Å². The lowest BCUT2D eigenvalue weighted by Gasteiger charge is -2.32. The average molecular weight is 665 g/mol. The van der Waals surface area contributed by atoms with Crippen LogP contribution in [-0.4, -0.2) is 42.5 Å². The molecule has 1 aliphatic heterocycles. The molecule has 4 aromatic rings. The van der Waals surface area contributed by atoms with Crippen LogP contribution in [0.15, 0.2) is 108 Å². The third-order valence-corrected chi connectivity index (χ3v) is 10.3. The summed E-state index contributed by atoms with van der Waals surface area (Å²) in [5.74, 6) is -0.524. The monoisotopic (exact) mass is 663 g/mol. The van der Waals surface area contributed by atoms with Crippen LogP contribution in [0.2, 0.25) is 10.0 Å². The molecule has 0 aromatic heterocycles. The number of carbonyl (C=O) groups excluding carboxylic acids is 2. The third kappa shape index (κ3) is 8.52. The second-order valence-corrected chi connectivity index (χ2v) is 13.9. The first kappa shape index (κ1) is 32.7. The van der Waals surface area contributed by atoms with Gasteiger partial charge in [-0.15, -0.1) is 0 Å². The maximum Gasteiger partial charge on any atom is 0.247 e. The largest absolute Gasteiger partial charge is 0.350 e. The molecule has 0 saturated carbocycles. The number of amides is 2. The van der Waals surface area contributed by atoms with Gasteiger partial charge < -0.3 is 10.2 Å². The van der Waals surface area contributed by atoms with Gasteiger partial charge in [-0.1, -0.05) is 89.9 Å². The molecule has 1 heterocycles. The van der Waals surface area contributed by atoms with Crippen LogP contribution in [0.4, 0.5) is 0 Å². The topological polar surface area (TPSA) is 86.8 Å². The summed E-state index contributed by atoms with van der Waals surface area (Å²) in [7, 11) is -3.52. The predicted octanol–water partition coefficient (Wildman–Crippen LogP) is 6.80. The van der Waals surface area contributed by atoms with E-state index in [1.807, 2.05) is 54.6 Å². The third-order valence-electron chi connectivity index (χ3n) is 7.90. The van der Waals surface area contributed by atoms with Crippen LogP contribution in [0.3, 0.4) is 0 Å². The van der Waals surface area contributed by atoms with E-state index in [2.05, 4.69) is 5.32 Å². The Bertz CT molecular complexity index is 1690. The lowest BCUT2D eigenvalue weighted by atomic mass is 10.0. The summed E-state index contributed by atoms with van der Waals surface area (Å²) in [6, 6.07) is 29.5. The predicted molar refractivity (Wildman–Crippen MR) is 177 cm³/mol. The van der Waals surface area contributed by atoms with Crippen molar-refractivity contribution in [3.63, 3.8) is 0 Å². The summed E-state index contributed by atoms with van der Waals surface area (Å²) < 4.78 is 27.4. The van der Waals surface area contributed by atoms with Crippen LogP contribution < -0.4 is 5.32 Å². The summed E-state index contributed by atoms with van der Waals surface area (Å²) >= 11 is 12.2. The van der Waals surface area contributed by atoms with Gasteiger partial charge in [0.2, 0.25) is 21.8 Å². The second kappa shape index (κ2) is 15.1. The molecule has 234 valence electrons. The SMILES string of the molecule is O=C(NCc1ccc(Cl)cc1)[C@H](c1ccccc1)N(Cc1ccc(Cl)cc1)C(=O)CCc1ccc(S(=O)(=O)N2CCCC2)cc1. The number of aryl methyl sites for hydroxylation is 1. The molecule has 1 atom stereocenters. The van der Waals surface area contributed by atoms with Gasteiger partial charge in [-0.25, -0.2) is 8.42 Å². The van der Waals surface area contributed by atoms with Gasteiger partial charge in [0.25, 0.3) is 0 Å². The summed E-state index contributed by atoms with van der Waals surface area (Å²) in [5.41, 5.74) is 3.23. The van der Waals surface area contributed by atoms with Gasteiger partial charge in [0.1, 0.15) is 6.04 Å². The zero-order valence-corrected chi connectivity index (χ0v) is 27.1. The number of benzene rings is 4. The highest BCUT2D eigenvalue weighted by molar-refractivity contribution is 7.89. The van der Waals surface area contributed by atoms with Gasteiger partial charge in [0.15, 0.2) is 0 Å². The molecule has 0 bridgehead atoms. The average Bonchev–Trinajstić information content (AvgIpc) is 3.61. The van der Waals surface area contributed by atoms with E-state index in [1.54, 1.807) is 53.4 Å². The maximum absolute atomic E-state index is 14.0. The van der Waals surface area contributed by atoms with Crippen molar-refractivity contribution in [3.8, 4) is 0 Å². The number of nitrogens with zero attached hydrogens (tertiary/aromatic N) is 2. The van der Waals surface area contributed by atoms with Crippen molar-refractivity contribution in [2.24, 2.45) is 0 Å². The van der Waals surface area contributed by atoms with Gasteiger partial charge in [-0.2, -0.15) is 4.31 Å². The Balaban J connectivity index is 1.37. The molecule has 2 amide bonds. The Morgan fingerprint density at radius 2 is 1.31 bits per heavy atom. The van der Waals surface area contributed by atoms with Gasteiger partial charge in [-0.3, -0.25) is 9.59 Å². The van der Waals surface area contributed by atoms with E-state index in [0.29, 0.717) is 35.1 Å². The van der Waals surface area contributed by atoms with Crippen molar-refractivity contribution in [1.29, 1.82) is 0 Å². The molecule has 1 fully saturated rings. The highest BCUT2D eigenvalue weighted by Gasteiger charge is 2.31. The lowest BCUT2D eigenvalue weighted by Crippen LogP contribution is -2.43. The normalized spacial score (nSPS) is 14.2. The van der Waals surface area contributed by atoms with Crippen molar-refractivity contribution >= 4 is 45.0 Å². The van der Waals surface area contributed by atoms with E-state index in [0.717, 1.165) is 29.5 Å². The Kier molecular flexibility index (Phi) is 10.9. The van der Waals surface area contributed by atoms with Crippen LogP contribution in [0.25, 0.3) is 0 Å². The number of carbonyl (C=O) groups is 2. The van der Waals surface area contributed by atoms with Gasteiger partial charge in [-0.05, 0) is 77.9 Å².